The molecule has 1 unspecified atom stereocenters. The van der Waals surface area contributed by atoms with Crippen LogP contribution in [0.2, 0.25) is 5.02 Å². The summed E-state index contributed by atoms with van der Waals surface area (Å²) in [5, 5.41) is 4.25. The van der Waals surface area contributed by atoms with Crippen LogP contribution in [0.3, 0.4) is 0 Å². The largest absolute Gasteiger partial charge is 0.340 e. The Kier molecular flexibility index (Phi) is 4.61. The van der Waals surface area contributed by atoms with Gasteiger partial charge in [0, 0.05) is 37.6 Å². The van der Waals surface area contributed by atoms with Crippen LogP contribution in [0.1, 0.15) is 18.9 Å². The van der Waals surface area contributed by atoms with Gasteiger partial charge in [-0.25, -0.2) is 0 Å². The highest BCUT2D eigenvalue weighted by Crippen LogP contribution is 2.14. The molecular formula is C14H19ClN2O. The average Bonchev–Trinajstić information content (AvgIpc) is 2.37. The molecule has 0 aliphatic carbocycles. The topological polar surface area (TPSA) is 32.3 Å². The van der Waals surface area contributed by atoms with Gasteiger partial charge in [0.25, 0.3) is 0 Å². The van der Waals surface area contributed by atoms with Gasteiger partial charge in [0.05, 0.1) is 0 Å². The third-order valence-corrected chi connectivity index (χ3v) is 3.61. The van der Waals surface area contributed by atoms with Gasteiger partial charge < -0.3 is 10.2 Å². The first kappa shape index (κ1) is 13.4. The number of carbonyl (C=O) groups excluding carboxylic acids is 1. The van der Waals surface area contributed by atoms with Gasteiger partial charge in [-0.05, 0) is 30.5 Å². The van der Waals surface area contributed by atoms with Crippen molar-refractivity contribution in [1.29, 1.82) is 0 Å². The fourth-order valence-corrected chi connectivity index (χ4v) is 2.55. The van der Waals surface area contributed by atoms with Crippen LogP contribution in [0.25, 0.3) is 0 Å². The van der Waals surface area contributed by atoms with E-state index in [-0.39, 0.29) is 5.91 Å². The quantitative estimate of drug-likeness (QED) is 0.909. The molecule has 2 rings (SSSR count). The Morgan fingerprint density at radius 3 is 3.11 bits per heavy atom. The lowest BCUT2D eigenvalue weighted by molar-refractivity contribution is -0.130. The van der Waals surface area contributed by atoms with Gasteiger partial charge in [-0.3, -0.25) is 4.79 Å². The predicted octanol–water partition coefficient (Wildman–Crippen LogP) is 2.09. The third kappa shape index (κ3) is 3.72. The van der Waals surface area contributed by atoms with Crippen LogP contribution in [-0.4, -0.2) is 36.5 Å². The Bertz CT molecular complexity index is 422. The zero-order valence-corrected chi connectivity index (χ0v) is 11.4. The molecule has 1 aromatic carbocycles. The number of halogens is 1. The Balaban J connectivity index is 1.84. The Hall–Kier alpha value is -1.06. The molecule has 0 radical (unpaired) electrons. The second-order valence-electron chi connectivity index (χ2n) is 4.78. The number of rotatable bonds is 3. The zero-order chi connectivity index (χ0) is 13.0. The maximum atomic E-state index is 11.3. The van der Waals surface area contributed by atoms with Gasteiger partial charge in [-0.15, -0.1) is 0 Å². The van der Waals surface area contributed by atoms with Crippen molar-refractivity contribution in [2.45, 2.75) is 25.8 Å². The number of amides is 1. The summed E-state index contributed by atoms with van der Waals surface area (Å²) in [7, 11) is 0. The van der Waals surface area contributed by atoms with Crippen molar-refractivity contribution in [2.24, 2.45) is 0 Å². The van der Waals surface area contributed by atoms with Crippen molar-refractivity contribution >= 4 is 17.5 Å². The molecule has 1 amide bonds. The molecule has 0 saturated carbocycles. The molecule has 1 fully saturated rings. The highest BCUT2D eigenvalue weighted by molar-refractivity contribution is 6.30. The number of nitrogens with zero attached hydrogens (tertiary/aromatic N) is 1. The number of hydrogen-bond acceptors (Lipinski definition) is 2. The monoisotopic (exact) mass is 266 g/mol. The lowest BCUT2D eigenvalue weighted by Gasteiger charge is -2.33. The molecule has 1 aliphatic heterocycles. The Morgan fingerprint density at radius 1 is 1.56 bits per heavy atom. The highest BCUT2D eigenvalue weighted by atomic mass is 35.5. The van der Waals surface area contributed by atoms with Crippen LogP contribution in [-0.2, 0) is 11.2 Å². The first-order valence-corrected chi connectivity index (χ1v) is 6.76. The van der Waals surface area contributed by atoms with Crippen LogP contribution in [0.5, 0.6) is 0 Å². The maximum Gasteiger partial charge on any atom is 0.219 e. The van der Waals surface area contributed by atoms with E-state index in [1.807, 2.05) is 23.1 Å². The molecule has 4 heteroatoms. The van der Waals surface area contributed by atoms with Gasteiger partial charge in [0.1, 0.15) is 0 Å². The van der Waals surface area contributed by atoms with E-state index in [0.717, 1.165) is 37.5 Å². The molecule has 1 atom stereocenters. The van der Waals surface area contributed by atoms with Crippen molar-refractivity contribution in [2.75, 3.05) is 19.6 Å². The number of nitrogens with one attached hydrogen (secondary N) is 1. The third-order valence-electron chi connectivity index (χ3n) is 3.37. The van der Waals surface area contributed by atoms with Gasteiger partial charge in [-0.2, -0.15) is 0 Å². The standard InChI is InChI=1S/C14H19ClN2O/c1-11(18)17-8-7-16-14(10-17)6-5-12-3-2-4-13(15)9-12/h2-4,9,14,16H,5-8,10H2,1H3. The average molecular weight is 267 g/mol. The van der Waals surface area contributed by atoms with Crippen molar-refractivity contribution in [3.63, 3.8) is 0 Å². The summed E-state index contributed by atoms with van der Waals surface area (Å²) in [6.45, 7) is 4.16. The molecule has 1 N–H and O–H groups in total. The lowest BCUT2D eigenvalue weighted by atomic mass is 10.0. The Morgan fingerprint density at radius 2 is 2.39 bits per heavy atom. The molecule has 1 heterocycles. The van der Waals surface area contributed by atoms with E-state index in [1.165, 1.54) is 5.56 Å². The molecule has 0 bridgehead atoms. The molecule has 1 aromatic rings. The summed E-state index contributed by atoms with van der Waals surface area (Å²) in [4.78, 5) is 13.3. The minimum atomic E-state index is 0.171. The summed E-state index contributed by atoms with van der Waals surface area (Å²) < 4.78 is 0. The van der Waals surface area contributed by atoms with Crippen molar-refractivity contribution in [3.05, 3.63) is 34.9 Å². The molecule has 18 heavy (non-hydrogen) atoms. The lowest BCUT2D eigenvalue weighted by Crippen LogP contribution is -2.52. The second-order valence-corrected chi connectivity index (χ2v) is 5.22. The minimum absolute atomic E-state index is 0.171. The highest BCUT2D eigenvalue weighted by Gasteiger charge is 2.20. The number of carbonyl (C=O) groups is 1. The smallest absolute Gasteiger partial charge is 0.219 e. The van der Waals surface area contributed by atoms with Crippen molar-refractivity contribution < 1.29 is 4.79 Å². The van der Waals surface area contributed by atoms with E-state index in [1.54, 1.807) is 6.92 Å². The van der Waals surface area contributed by atoms with E-state index in [9.17, 15) is 4.79 Å². The van der Waals surface area contributed by atoms with Gasteiger partial charge in [-0.1, -0.05) is 23.7 Å². The molecule has 1 aliphatic rings. The van der Waals surface area contributed by atoms with Crippen LogP contribution in [0, 0.1) is 0 Å². The fourth-order valence-electron chi connectivity index (χ4n) is 2.34. The minimum Gasteiger partial charge on any atom is -0.340 e. The first-order chi connectivity index (χ1) is 8.65. The van der Waals surface area contributed by atoms with Crippen molar-refractivity contribution in [1.82, 2.24) is 10.2 Å². The molecule has 98 valence electrons. The predicted molar refractivity (Wildman–Crippen MR) is 73.8 cm³/mol. The van der Waals surface area contributed by atoms with E-state index < -0.39 is 0 Å². The van der Waals surface area contributed by atoms with Crippen LogP contribution >= 0.6 is 11.6 Å². The Labute approximate surface area is 113 Å². The zero-order valence-electron chi connectivity index (χ0n) is 10.7. The molecular weight excluding hydrogens is 248 g/mol. The summed E-state index contributed by atoms with van der Waals surface area (Å²) in [6.07, 6.45) is 2.02. The van der Waals surface area contributed by atoms with Crippen LogP contribution < -0.4 is 5.32 Å². The van der Waals surface area contributed by atoms with Gasteiger partial charge in [0.2, 0.25) is 5.91 Å². The molecule has 3 nitrogen and oxygen atoms in total. The normalized spacial score (nSPS) is 19.9. The van der Waals surface area contributed by atoms with Crippen molar-refractivity contribution in [3.8, 4) is 0 Å². The van der Waals surface area contributed by atoms with E-state index in [2.05, 4.69) is 11.4 Å². The SMILES string of the molecule is CC(=O)N1CCNC(CCc2cccc(Cl)c2)C1. The molecule has 1 saturated heterocycles. The number of piperazine rings is 1. The number of aryl methyl sites for hydroxylation is 1. The molecule has 0 aromatic heterocycles. The number of hydrogen-bond donors (Lipinski definition) is 1. The fraction of sp³-hybridized carbons (Fsp3) is 0.500. The molecule has 0 spiro atoms. The van der Waals surface area contributed by atoms with Gasteiger partial charge in [0.15, 0.2) is 0 Å². The van der Waals surface area contributed by atoms with E-state index in [4.69, 9.17) is 11.6 Å². The first-order valence-electron chi connectivity index (χ1n) is 6.38. The van der Waals surface area contributed by atoms with E-state index in [0.29, 0.717) is 6.04 Å². The second kappa shape index (κ2) is 6.21. The van der Waals surface area contributed by atoms with E-state index >= 15 is 0 Å². The summed E-state index contributed by atoms with van der Waals surface area (Å²) in [5.74, 6) is 0.171. The number of benzene rings is 1. The van der Waals surface area contributed by atoms with Crippen LogP contribution in [0.4, 0.5) is 0 Å². The summed E-state index contributed by atoms with van der Waals surface area (Å²) >= 11 is 5.96. The van der Waals surface area contributed by atoms with Gasteiger partial charge >= 0.3 is 0 Å². The summed E-state index contributed by atoms with van der Waals surface area (Å²) in [5.41, 5.74) is 1.25. The summed E-state index contributed by atoms with van der Waals surface area (Å²) in [6, 6.07) is 8.36. The van der Waals surface area contributed by atoms with Crippen LogP contribution in [0.15, 0.2) is 24.3 Å². The maximum absolute atomic E-state index is 11.3.